The Morgan fingerprint density at radius 1 is 0.806 bits per heavy atom. The molecule has 1 aliphatic heterocycles. The third-order valence-electron chi connectivity index (χ3n) is 5.16. The lowest BCUT2D eigenvalue weighted by molar-refractivity contribution is -0.117. The minimum atomic E-state index is -0.631. The van der Waals surface area contributed by atoms with Crippen molar-refractivity contribution < 1.29 is 28.7 Å². The average molecular weight is 495 g/mol. The number of rotatable bonds is 9. The molecule has 2 aromatic rings. The third kappa shape index (κ3) is 7.14. The number of benzene rings is 2. The summed E-state index contributed by atoms with van der Waals surface area (Å²) in [4.78, 5) is 62.5. The number of amides is 5. The Kier molecular flexibility index (Phi) is 8.42. The van der Waals surface area contributed by atoms with Crippen molar-refractivity contribution in [1.82, 2.24) is 10.2 Å². The number of nitrogens with zero attached hydrogens (tertiary/aromatic N) is 1. The molecule has 1 aliphatic rings. The first-order valence-corrected chi connectivity index (χ1v) is 11.7. The van der Waals surface area contributed by atoms with E-state index in [1.807, 2.05) is 0 Å². The number of ether oxygens (including phenoxy) is 1. The quantitative estimate of drug-likeness (QED) is 0.457. The number of hydrogen-bond acceptors (Lipinski definition) is 6. The molecule has 10 heteroatoms. The van der Waals surface area contributed by atoms with Crippen LogP contribution in [0.25, 0.3) is 0 Å². The summed E-state index contributed by atoms with van der Waals surface area (Å²) in [6, 6.07) is 13.4. The van der Waals surface area contributed by atoms with Crippen LogP contribution in [0.3, 0.4) is 0 Å². The molecule has 0 atom stereocenters. The predicted molar refractivity (Wildman–Crippen MR) is 134 cm³/mol. The van der Waals surface area contributed by atoms with Gasteiger partial charge in [-0.15, -0.1) is 0 Å². The molecular formula is C26H30N4O6. The number of para-hydroxylation sites is 2. The Hall–Kier alpha value is -4.21. The number of carbonyl (C=O) groups excluding carboxylic acids is 5. The van der Waals surface area contributed by atoms with Crippen LogP contribution in [0.5, 0.6) is 0 Å². The highest BCUT2D eigenvalue weighted by Crippen LogP contribution is 2.24. The first-order valence-electron chi connectivity index (χ1n) is 11.7. The fourth-order valence-electron chi connectivity index (χ4n) is 3.56. The van der Waals surface area contributed by atoms with Crippen molar-refractivity contribution in [3.63, 3.8) is 0 Å². The largest absolute Gasteiger partial charge is 0.444 e. The van der Waals surface area contributed by atoms with Crippen LogP contribution >= 0.6 is 0 Å². The Morgan fingerprint density at radius 2 is 1.31 bits per heavy atom. The standard InChI is InChI=1S/C26H30N4O6/c1-26(2,3)36-25(35)27-15-14-22(32)29-20-12-7-6-11-19(20)28-21(31)13-8-16-30-23(33)17-9-4-5-10-18(17)24(30)34/h4-7,9-12H,8,13-16H2,1-3H3,(H,27,35)(H,28,31)(H,29,32). The minimum Gasteiger partial charge on any atom is -0.444 e. The number of hydrogen-bond donors (Lipinski definition) is 3. The lowest BCUT2D eigenvalue weighted by atomic mass is 10.1. The van der Waals surface area contributed by atoms with Crippen molar-refractivity contribution >= 4 is 41.1 Å². The van der Waals surface area contributed by atoms with E-state index in [1.54, 1.807) is 69.3 Å². The SMILES string of the molecule is CC(C)(C)OC(=O)NCCC(=O)Nc1ccccc1NC(=O)CCCN1C(=O)c2ccccc2C1=O. The molecule has 0 aliphatic carbocycles. The van der Waals surface area contributed by atoms with Crippen molar-refractivity contribution in [3.8, 4) is 0 Å². The molecular weight excluding hydrogens is 464 g/mol. The summed E-state index contributed by atoms with van der Waals surface area (Å²) in [5, 5.41) is 7.98. The third-order valence-corrected chi connectivity index (χ3v) is 5.16. The van der Waals surface area contributed by atoms with Crippen LogP contribution < -0.4 is 16.0 Å². The van der Waals surface area contributed by atoms with Gasteiger partial charge in [0.05, 0.1) is 22.5 Å². The van der Waals surface area contributed by atoms with E-state index in [0.717, 1.165) is 4.90 Å². The molecule has 0 spiro atoms. The van der Waals surface area contributed by atoms with E-state index in [2.05, 4.69) is 16.0 Å². The monoisotopic (exact) mass is 494 g/mol. The maximum absolute atomic E-state index is 12.5. The van der Waals surface area contributed by atoms with Gasteiger partial charge in [0.25, 0.3) is 11.8 Å². The summed E-state index contributed by atoms with van der Waals surface area (Å²) in [7, 11) is 0. The molecule has 0 fully saturated rings. The van der Waals surface area contributed by atoms with Gasteiger partial charge in [0.15, 0.2) is 0 Å². The van der Waals surface area contributed by atoms with Gasteiger partial charge in [-0.05, 0) is 51.5 Å². The van der Waals surface area contributed by atoms with Gasteiger partial charge in [-0.2, -0.15) is 0 Å². The zero-order valence-corrected chi connectivity index (χ0v) is 20.6. The van der Waals surface area contributed by atoms with E-state index in [0.29, 0.717) is 28.9 Å². The summed E-state index contributed by atoms with van der Waals surface area (Å²) >= 11 is 0. The Balaban J connectivity index is 1.45. The summed E-state index contributed by atoms with van der Waals surface area (Å²) < 4.78 is 5.12. The maximum Gasteiger partial charge on any atom is 0.407 e. The van der Waals surface area contributed by atoms with E-state index >= 15 is 0 Å². The van der Waals surface area contributed by atoms with E-state index in [9.17, 15) is 24.0 Å². The Labute approximate surface area is 209 Å². The highest BCUT2D eigenvalue weighted by molar-refractivity contribution is 6.21. The van der Waals surface area contributed by atoms with Crippen LogP contribution in [0.15, 0.2) is 48.5 Å². The molecule has 190 valence electrons. The van der Waals surface area contributed by atoms with Crippen molar-refractivity contribution in [2.45, 2.75) is 45.6 Å². The van der Waals surface area contributed by atoms with Gasteiger partial charge in [-0.25, -0.2) is 4.79 Å². The molecule has 36 heavy (non-hydrogen) atoms. The summed E-state index contributed by atoms with van der Waals surface area (Å²) in [6.07, 6.45) is -0.219. The number of alkyl carbamates (subject to hydrolysis) is 1. The fourth-order valence-corrected chi connectivity index (χ4v) is 3.56. The number of imide groups is 1. The van der Waals surface area contributed by atoms with Gasteiger partial charge in [-0.1, -0.05) is 24.3 Å². The van der Waals surface area contributed by atoms with E-state index in [1.165, 1.54) is 0 Å². The topological polar surface area (TPSA) is 134 Å². The van der Waals surface area contributed by atoms with Gasteiger partial charge in [-0.3, -0.25) is 24.1 Å². The average Bonchev–Trinajstić information content (AvgIpc) is 3.04. The number of anilines is 2. The smallest absolute Gasteiger partial charge is 0.407 e. The molecule has 5 amide bonds. The van der Waals surface area contributed by atoms with Crippen LogP contribution in [0.1, 0.15) is 60.7 Å². The highest BCUT2D eigenvalue weighted by Gasteiger charge is 2.34. The van der Waals surface area contributed by atoms with Crippen LogP contribution in [0.2, 0.25) is 0 Å². The Bertz CT molecular complexity index is 1140. The second-order valence-electron chi connectivity index (χ2n) is 9.23. The first-order chi connectivity index (χ1) is 17.0. The normalized spacial score (nSPS) is 12.7. The summed E-state index contributed by atoms with van der Waals surface area (Å²) in [6.45, 7) is 5.45. The van der Waals surface area contributed by atoms with Crippen LogP contribution in [-0.2, 0) is 14.3 Å². The maximum atomic E-state index is 12.5. The van der Waals surface area contributed by atoms with Crippen LogP contribution in [0.4, 0.5) is 16.2 Å². The molecule has 10 nitrogen and oxygen atoms in total. The lowest BCUT2D eigenvalue weighted by Gasteiger charge is -2.19. The van der Waals surface area contributed by atoms with E-state index in [4.69, 9.17) is 4.74 Å². The fraction of sp³-hybridized carbons (Fsp3) is 0.346. The molecule has 2 aromatic carbocycles. The molecule has 0 unspecified atom stereocenters. The molecule has 0 saturated carbocycles. The van der Waals surface area contributed by atoms with Gasteiger partial charge in [0.1, 0.15) is 5.60 Å². The minimum absolute atomic E-state index is 0.0157. The molecule has 1 heterocycles. The first kappa shape index (κ1) is 26.4. The van der Waals surface area contributed by atoms with Crippen LogP contribution in [0, 0.1) is 0 Å². The van der Waals surface area contributed by atoms with E-state index in [-0.39, 0.29) is 49.6 Å². The highest BCUT2D eigenvalue weighted by atomic mass is 16.6. The van der Waals surface area contributed by atoms with E-state index < -0.39 is 11.7 Å². The predicted octanol–water partition coefficient (Wildman–Crippen LogP) is 3.55. The lowest BCUT2D eigenvalue weighted by Crippen LogP contribution is -2.34. The van der Waals surface area contributed by atoms with Gasteiger partial charge in [0.2, 0.25) is 11.8 Å². The Morgan fingerprint density at radius 3 is 1.83 bits per heavy atom. The zero-order valence-electron chi connectivity index (χ0n) is 20.6. The van der Waals surface area contributed by atoms with Crippen LogP contribution in [-0.4, -0.2) is 53.3 Å². The number of carbonyl (C=O) groups is 5. The van der Waals surface area contributed by atoms with Gasteiger partial charge in [0, 0.05) is 25.9 Å². The second kappa shape index (κ2) is 11.5. The van der Waals surface area contributed by atoms with Gasteiger partial charge >= 0.3 is 6.09 Å². The molecule has 3 N–H and O–H groups in total. The molecule has 0 radical (unpaired) electrons. The zero-order chi connectivity index (χ0) is 26.3. The van der Waals surface area contributed by atoms with Crippen molar-refractivity contribution in [3.05, 3.63) is 59.7 Å². The van der Waals surface area contributed by atoms with Gasteiger partial charge < -0.3 is 20.7 Å². The molecule has 0 bridgehead atoms. The van der Waals surface area contributed by atoms with Crippen molar-refractivity contribution in [2.24, 2.45) is 0 Å². The molecule has 0 aromatic heterocycles. The van der Waals surface area contributed by atoms with Crippen molar-refractivity contribution in [2.75, 3.05) is 23.7 Å². The summed E-state index contributed by atoms with van der Waals surface area (Å²) in [5.41, 5.74) is 0.939. The second-order valence-corrected chi connectivity index (χ2v) is 9.23. The molecule has 3 rings (SSSR count). The number of nitrogens with one attached hydrogen (secondary N) is 3. The van der Waals surface area contributed by atoms with Crippen molar-refractivity contribution in [1.29, 1.82) is 0 Å². The summed E-state index contributed by atoms with van der Waals surface area (Å²) in [5.74, 6) is -1.38. The molecule has 0 saturated heterocycles. The number of fused-ring (bicyclic) bond motifs is 1.